The van der Waals surface area contributed by atoms with Crippen molar-refractivity contribution in [2.75, 3.05) is 6.79 Å². The number of benzene rings is 1. The normalized spacial score (nSPS) is 13.3. The first-order valence-electron chi connectivity index (χ1n) is 9.42. The Kier molecular flexibility index (Phi) is 4.91. The van der Waals surface area contributed by atoms with Gasteiger partial charge in [-0.2, -0.15) is 0 Å². The van der Waals surface area contributed by atoms with E-state index in [1.807, 2.05) is 25.1 Å². The Hall–Kier alpha value is -2.62. The highest BCUT2D eigenvalue weighted by atomic mass is 35.5. The lowest BCUT2D eigenvalue weighted by Gasteiger charge is -2.09. The summed E-state index contributed by atoms with van der Waals surface area (Å²) >= 11 is 7.59. The summed E-state index contributed by atoms with van der Waals surface area (Å²) in [6, 6.07) is 7.48. The number of hydrogen-bond donors (Lipinski definition) is 0. The largest absolute Gasteiger partial charge is 0.454 e. The van der Waals surface area contributed by atoms with Crippen molar-refractivity contribution in [2.24, 2.45) is 0 Å². The van der Waals surface area contributed by atoms with E-state index in [4.69, 9.17) is 25.6 Å². The molecule has 0 unspecified atom stereocenters. The molecule has 7 nitrogen and oxygen atoms in total. The maximum absolute atomic E-state index is 13.5. The minimum Gasteiger partial charge on any atom is -0.454 e. The van der Waals surface area contributed by atoms with Gasteiger partial charge in [0.05, 0.1) is 15.9 Å². The quantitative estimate of drug-likeness (QED) is 0.406. The topological polar surface area (TPSA) is 91.5 Å². The minimum atomic E-state index is -3.81. The van der Waals surface area contributed by atoms with Gasteiger partial charge in [0, 0.05) is 17.5 Å². The zero-order valence-electron chi connectivity index (χ0n) is 16.6. The zero-order chi connectivity index (χ0) is 21.8. The van der Waals surface area contributed by atoms with Crippen molar-refractivity contribution in [2.45, 2.75) is 30.9 Å². The number of nitrogens with zero attached hydrogens (tertiary/aromatic N) is 2. The summed E-state index contributed by atoms with van der Waals surface area (Å²) < 4.78 is 43.9. The smallest absolute Gasteiger partial charge is 0.231 e. The second-order valence-corrected chi connectivity index (χ2v) is 10.7. The van der Waals surface area contributed by atoms with E-state index in [2.05, 4.69) is 10.1 Å². The van der Waals surface area contributed by atoms with E-state index < -0.39 is 9.84 Å². The maximum Gasteiger partial charge on any atom is 0.231 e. The van der Waals surface area contributed by atoms with Gasteiger partial charge in [-0.3, -0.25) is 4.98 Å². The average molecular weight is 477 g/mol. The van der Waals surface area contributed by atoms with Crippen molar-refractivity contribution in [1.29, 1.82) is 0 Å². The highest BCUT2D eigenvalue weighted by Crippen LogP contribution is 2.40. The van der Waals surface area contributed by atoms with Crippen LogP contribution in [0.3, 0.4) is 0 Å². The summed E-state index contributed by atoms with van der Waals surface area (Å²) in [5, 5.41) is 3.99. The van der Waals surface area contributed by atoms with E-state index in [0.29, 0.717) is 34.0 Å². The standard InChI is InChI=1S/C21H17ClN2O5S2/c1-11-6-14-15(28-10-27-14)7-13(11)8-18-21(20-17(30-18)4-3-5-23-20)31(25,26)9-16-19(22)12(2)24-29-16/h3-7H,8-10H2,1-2H3. The van der Waals surface area contributed by atoms with E-state index >= 15 is 0 Å². The third-order valence-electron chi connectivity index (χ3n) is 5.14. The molecule has 0 saturated carbocycles. The molecule has 0 fully saturated rings. The lowest BCUT2D eigenvalue weighted by atomic mass is 10.0. The molecule has 0 atom stereocenters. The van der Waals surface area contributed by atoms with Crippen LogP contribution in [0.5, 0.6) is 11.5 Å². The molecule has 0 amide bonds. The van der Waals surface area contributed by atoms with Gasteiger partial charge in [0.1, 0.15) is 15.7 Å². The van der Waals surface area contributed by atoms with Gasteiger partial charge < -0.3 is 14.0 Å². The predicted molar refractivity (Wildman–Crippen MR) is 117 cm³/mol. The third kappa shape index (κ3) is 3.56. The Morgan fingerprint density at radius 1 is 1.19 bits per heavy atom. The monoisotopic (exact) mass is 476 g/mol. The second-order valence-electron chi connectivity index (χ2n) is 7.28. The Morgan fingerprint density at radius 2 is 1.97 bits per heavy atom. The summed E-state index contributed by atoms with van der Waals surface area (Å²) in [6.07, 6.45) is 2.01. The number of hydrogen-bond acceptors (Lipinski definition) is 8. The van der Waals surface area contributed by atoms with Gasteiger partial charge in [-0.25, -0.2) is 8.42 Å². The second kappa shape index (κ2) is 7.51. The highest BCUT2D eigenvalue weighted by Gasteiger charge is 2.29. The summed E-state index contributed by atoms with van der Waals surface area (Å²) in [5.41, 5.74) is 2.86. The number of aryl methyl sites for hydroxylation is 2. The zero-order valence-corrected chi connectivity index (χ0v) is 19.0. The summed E-state index contributed by atoms with van der Waals surface area (Å²) in [7, 11) is -3.81. The summed E-state index contributed by atoms with van der Waals surface area (Å²) in [5.74, 6) is 1.10. The number of pyridine rings is 1. The van der Waals surface area contributed by atoms with Crippen LogP contribution in [0.2, 0.25) is 5.02 Å². The summed E-state index contributed by atoms with van der Waals surface area (Å²) in [4.78, 5) is 5.27. The molecule has 10 heteroatoms. The van der Waals surface area contributed by atoms with Gasteiger partial charge in [0.15, 0.2) is 27.1 Å². The first-order valence-corrected chi connectivity index (χ1v) is 12.3. The number of aromatic nitrogens is 2. The van der Waals surface area contributed by atoms with E-state index in [-0.39, 0.29) is 28.2 Å². The van der Waals surface area contributed by atoms with Crippen molar-refractivity contribution in [1.82, 2.24) is 10.1 Å². The Morgan fingerprint density at radius 3 is 2.71 bits per heavy atom. The minimum absolute atomic E-state index is 0.125. The molecule has 31 heavy (non-hydrogen) atoms. The van der Waals surface area contributed by atoms with E-state index in [0.717, 1.165) is 15.8 Å². The fourth-order valence-electron chi connectivity index (χ4n) is 3.58. The molecule has 3 aromatic heterocycles. The predicted octanol–water partition coefficient (Wildman–Crippen LogP) is 4.85. The molecule has 4 aromatic rings. The molecule has 0 N–H and O–H groups in total. The number of sulfone groups is 1. The molecular formula is C21H17ClN2O5S2. The summed E-state index contributed by atoms with van der Waals surface area (Å²) in [6.45, 7) is 3.81. The fourth-order valence-corrected chi connectivity index (χ4v) is 7.01. The van der Waals surface area contributed by atoms with E-state index in [1.165, 1.54) is 11.3 Å². The number of ether oxygens (including phenoxy) is 2. The van der Waals surface area contributed by atoms with E-state index in [9.17, 15) is 8.42 Å². The first kappa shape index (κ1) is 20.3. The Labute approximate surface area is 187 Å². The van der Waals surface area contributed by atoms with Crippen molar-refractivity contribution in [3.63, 3.8) is 0 Å². The van der Waals surface area contributed by atoms with Crippen molar-refractivity contribution < 1.29 is 22.4 Å². The van der Waals surface area contributed by atoms with Crippen molar-refractivity contribution in [3.8, 4) is 11.5 Å². The number of rotatable bonds is 5. The molecule has 4 heterocycles. The van der Waals surface area contributed by atoms with Gasteiger partial charge >= 0.3 is 0 Å². The van der Waals surface area contributed by atoms with Crippen molar-refractivity contribution >= 4 is 43.0 Å². The molecule has 0 radical (unpaired) electrons. The SMILES string of the molecule is Cc1cc2c(cc1Cc1sc3cccnc3c1S(=O)(=O)Cc1onc(C)c1Cl)OCO2. The lowest BCUT2D eigenvalue weighted by molar-refractivity contribution is 0.174. The van der Waals surface area contributed by atoms with Gasteiger partial charge in [-0.15, -0.1) is 11.3 Å². The lowest BCUT2D eigenvalue weighted by Crippen LogP contribution is -2.07. The molecule has 1 aromatic carbocycles. The molecule has 0 saturated heterocycles. The van der Waals surface area contributed by atoms with Crippen LogP contribution in [0.25, 0.3) is 10.2 Å². The Balaban J connectivity index is 1.62. The fraction of sp³-hybridized carbons (Fsp3) is 0.238. The first-order chi connectivity index (χ1) is 14.8. The molecule has 1 aliphatic heterocycles. The molecular weight excluding hydrogens is 460 g/mol. The van der Waals surface area contributed by atoms with Gasteiger partial charge in [0.2, 0.25) is 6.79 Å². The molecule has 5 rings (SSSR count). The average Bonchev–Trinajstić information content (AvgIpc) is 3.41. The Bertz CT molecular complexity index is 1430. The van der Waals surface area contributed by atoms with Crippen LogP contribution in [-0.2, 0) is 22.0 Å². The number of halogens is 1. The molecule has 0 bridgehead atoms. The van der Waals surface area contributed by atoms with Crippen molar-refractivity contribution in [3.05, 3.63) is 62.9 Å². The number of fused-ring (bicyclic) bond motifs is 2. The molecule has 0 aliphatic carbocycles. The number of thiophene rings is 1. The van der Waals surface area contributed by atoms with Crippen LogP contribution in [0.4, 0.5) is 0 Å². The molecule has 1 aliphatic rings. The highest BCUT2D eigenvalue weighted by molar-refractivity contribution is 7.91. The molecule has 160 valence electrons. The van der Waals surface area contributed by atoms with Crippen LogP contribution in [0.15, 0.2) is 39.9 Å². The van der Waals surface area contributed by atoms with Crippen LogP contribution in [0.1, 0.15) is 27.5 Å². The van der Waals surface area contributed by atoms with E-state index in [1.54, 1.807) is 19.2 Å². The van der Waals surface area contributed by atoms with Gasteiger partial charge in [-0.1, -0.05) is 16.8 Å². The maximum atomic E-state index is 13.5. The van der Waals surface area contributed by atoms with Crippen LogP contribution >= 0.6 is 22.9 Å². The molecule has 0 spiro atoms. The van der Waals surface area contributed by atoms with Crippen LogP contribution in [-0.4, -0.2) is 25.4 Å². The van der Waals surface area contributed by atoms with Crippen LogP contribution < -0.4 is 9.47 Å². The van der Waals surface area contributed by atoms with Gasteiger partial charge in [-0.05, 0) is 49.2 Å². The third-order valence-corrected chi connectivity index (χ3v) is 8.60. The van der Waals surface area contributed by atoms with Gasteiger partial charge in [0.25, 0.3) is 0 Å². The van der Waals surface area contributed by atoms with Crippen LogP contribution in [0, 0.1) is 13.8 Å².